The molecular weight excluding hydrogens is 252 g/mol. The molecule has 0 fully saturated rings. The third-order valence-corrected chi connectivity index (χ3v) is 3.26. The maximum Gasteiger partial charge on any atom is 0.224 e. The molecule has 1 N–H and O–H groups in total. The molecule has 1 aromatic carbocycles. The number of fused-ring (bicyclic) bond motifs is 1. The number of amides is 1. The van der Waals surface area contributed by atoms with E-state index < -0.39 is 0 Å². The average Bonchev–Trinajstić information content (AvgIpc) is 2.75. The summed E-state index contributed by atoms with van der Waals surface area (Å²) in [5.41, 5.74) is 2.83. The number of benzene rings is 1. The van der Waals surface area contributed by atoms with Crippen LogP contribution >= 0.6 is 0 Å². The van der Waals surface area contributed by atoms with Gasteiger partial charge in [-0.1, -0.05) is 0 Å². The normalized spacial score (nSPS) is 15.8. The summed E-state index contributed by atoms with van der Waals surface area (Å²) in [6, 6.07) is 9.39. The second-order valence-electron chi connectivity index (χ2n) is 4.71. The van der Waals surface area contributed by atoms with Gasteiger partial charge in [-0.2, -0.15) is 10.5 Å². The van der Waals surface area contributed by atoms with E-state index >= 15 is 0 Å². The number of carbonyl (C=O) groups is 1. The Bertz CT molecular complexity index is 647. The van der Waals surface area contributed by atoms with Crippen LogP contribution in [0.25, 0.3) is 0 Å². The number of nitrogens with one attached hydrogen (secondary N) is 1. The fraction of sp³-hybridized carbons (Fsp3) is 0.267. The molecule has 0 saturated carbocycles. The van der Waals surface area contributed by atoms with Crippen LogP contribution in [-0.4, -0.2) is 11.9 Å². The molecule has 1 heterocycles. The zero-order valence-electron chi connectivity index (χ0n) is 11.3. The van der Waals surface area contributed by atoms with Gasteiger partial charge in [0.25, 0.3) is 0 Å². The largest absolute Gasteiger partial charge is 0.360 e. The second kappa shape index (κ2) is 5.46. The van der Waals surface area contributed by atoms with Gasteiger partial charge in [0.1, 0.15) is 17.7 Å². The molecule has 100 valence electrons. The SMILES string of the molecule is CC(=O)N1c2ccc(NC=C(C#N)C#N)cc2CC1C. The van der Waals surface area contributed by atoms with Crippen molar-refractivity contribution in [3.8, 4) is 12.1 Å². The first-order chi connectivity index (χ1) is 9.56. The highest BCUT2D eigenvalue weighted by Gasteiger charge is 2.28. The van der Waals surface area contributed by atoms with Crippen LogP contribution in [0.4, 0.5) is 11.4 Å². The second-order valence-corrected chi connectivity index (χ2v) is 4.71. The fourth-order valence-corrected chi connectivity index (χ4v) is 2.45. The van der Waals surface area contributed by atoms with Crippen molar-refractivity contribution in [1.29, 1.82) is 10.5 Å². The van der Waals surface area contributed by atoms with Gasteiger partial charge in [-0.25, -0.2) is 0 Å². The van der Waals surface area contributed by atoms with Crippen molar-refractivity contribution in [3.63, 3.8) is 0 Å². The molecule has 0 saturated heterocycles. The predicted octanol–water partition coefficient (Wildman–Crippen LogP) is 2.33. The molecule has 5 nitrogen and oxygen atoms in total. The smallest absolute Gasteiger partial charge is 0.224 e. The molecule has 0 aromatic heterocycles. The lowest BCUT2D eigenvalue weighted by atomic mass is 10.1. The van der Waals surface area contributed by atoms with Crippen molar-refractivity contribution in [2.75, 3.05) is 10.2 Å². The third kappa shape index (κ3) is 2.48. The molecule has 1 aromatic rings. The molecule has 1 atom stereocenters. The van der Waals surface area contributed by atoms with E-state index in [0.717, 1.165) is 23.4 Å². The number of rotatable bonds is 2. The zero-order valence-corrected chi connectivity index (χ0v) is 11.3. The summed E-state index contributed by atoms with van der Waals surface area (Å²) in [6.45, 7) is 3.57. The van der Waals surface area contributed by atoms with Crippen LogP contribution < -0.4 is 10.2 Å². The molecule has 0 spiro atoms. The van der Waals surface area contributed by atoms with Crippen LogP contribution in [0.5, 0.6) is 0 Å². The minimum atomic E-state index is 0.0178. The molecule has 1 aliphatic heterocycles. The van der Waals surface area contributed by atoms with E-state index in [0.29, 0.717) is 0 Å². The Labute approximate surface area is 117 Å². The van der Waals surface area contributed by atoms with Crippen molar-refractivity contribution in [3.05, 3.63) is 35.5 Å². The topological polar surface area (TPSA) is 79.9 Å². The summed E-state index contributed by atoms with van der Waals surface area (Å²) in [7, 11) is 0. The van der Waals surface area contributed by atoms with E-state index in [1.807, 2.05) is 25.1 Å². The minimum Gasteiger partial charge on any atom is -0.360 e. The van der Waals surface area contributed by atoms with Crippen LogP contribution in [0, 0.1) is 22.7 Å². The zero-order chi connectivity index (χ0) is 14.7. The number of hydrogen-bond donors (Lipinski definition) is 1. The third-order valence-electron chi connectivity index (χ3n) is 3.26. The Morgan fingerprint density at radius 1 is 1.45 bits per heavy atom. The van der Waals surface area contributed by atoms with Crippen molar-refractivity contribution >= 4 is 17.3 Å². The number of nitrogens with zero attached hydrogens (tertiary/aromatic N) is 3. The molecule has 0 aliphatic carbocycles. The van der Waals surface area contributed by atoms with E-state index in [9.17, 15) is 4.79 Å². The van der Waals surface area contributed by atoms with Gasteiger partial charge < -0.3 is 10.2 Å². The number of anilines is 2. The summed E-state index contributed by atoms with van der Waals surface area (Å²) >= 11 is 0. The van der Waals surface area contributed by atoms with Crippen molar-refractivity contribution in [2.24, 2.45) is 0 Å². The Hall–Kier alpha value is -2.79. The molecule has 1 unspecified atom stereocenters. The molecule has 0 radical (unpaired) electrons. The monoisotopic (exact) mass is 266 g/mol. The van der Waals surface area contributed by atoms with Crippen molar-refractivity contribution in [1.82, 2.24) is 0 Å². The molecule has 0 bridgehead atoms. The van der Waals surface area contributed by atoms with Crippen LogP contribution in [0.2, 0.25) is 0 Å². The van der Waals surface area contributed by atoms with E-state index in [4.69, 9.17) is 10.5 Å². The summed E-state index contributed by atoms with van der Waals surface area (Å²) in [5.74, 6) is 0.0353. The molecule has 2 rings (SSSR count). The Morgan fingerprint density at radius 2 is 2.15 bits per heavy atom. The van der Waals surface area contributed by atoms with Gasteiger partial charge in [-0.15, -0.1) is 0 Å². The number of nitriles is 2. The minimum absolute atomic E-state index is 0.0178. The van der Waals surface area contributed by atoms with Gasteiger partial charge in [-0.05, 0) is 37.1 Å². The highest BCUT2D eigenvalue weighted by Crippen LogP contribution is 2.34. The molecule has 1 aliphatic rings. The van der Waals surface area contributed by atoms with Crippen molar-refractivity contribution in [2.45, 2.75) is 26.3 Å². The maximum atomic E-state index is 11.6. The van der Waals surface area contributed by atoms with E-state index in [1.165, 1.54) is 6.20 Å². The molecular formula is C15H14N4O. The summed E-state index contributed by atoms with van der Waals surface area (Å²) in [6.07, 6.45) is 2.18. The highest BCUT2D eigenvalue weighted by molar-refractivity contribution is 5.94. The number of hydrogen-bond acceptors (Lipinski definition) is 4. The summed E-state index contributed by atoms with van der Waals surface area (Å²) in [4.78, 5) is 13.4. The van der Waals surface area contributed by atoms with Gasteiger partial charge in [-0.3, -0.25) is 4.79 Å². The summed E-state index contributed by atoms with van der Waals surface area (Å²) in [5, 5.41) is 20.3. The first kappa shape index (κ1) is 13.6. The first-order valence-electron chi connectivity index (χ1n) is 6.26. The Kier molecular flexibility index (Phi) is 3.72. The van der Waals surface area contributed by atoms with Crippen LogP contribution in [-0.2, 0) is 11.2 Å². The maximum absolute atomic E-state index is 11.6. The lowest BCUT2D eigenvalue weighted by molar-refractivity contribution is -0.116. The van der Waals surface area contributed by atoms with Crippen LogP contribution in [0.1, 0.15) is 19.4 Å². The number of allylic oxidation sites excluding steroid dienone is 1. The highest BCUT2D eigenvalue weighted by atomic mass is 16.2. The molecule has 5 heteroatoms. The van der Waals surface area contributed by atoms with Crippen molar-refractivity contribution < 1.29 is 4.79 Å². The molecule has 1 amide bonds. The number of carbonyl (C=O) groups excluding carboxylic acids is 1. The van der Waals surface area contributed by atoms with Crippen LogP contribution in [0.15, 0.2) is 30.0 Å². The van der Waals surface area contributed by atoms with Crippen LogP contribution in [0.3, 0.4) is 0 Å². The first-order valence-corrected chi connectivity index (χ1v) is 6.26. The fourth-order valence-electron chi connectivity index (χ4n) is 2.45. The lowest BCUT2D eigenvalue weighted by Gasteiger charge is -2.20. The van der Waals surface area contributed by atoms with Gasteiger partial charge in [0.05, 0.1) is 0 Å². The average molecular weight is 266 g/mol. The van der Waals surface area contributed by atoms with Gasteiger partial charge >= 0.3 is 0 Å². The lowest BCUT2D eigenvalue weighted by Crippen LogP contribution is -2.33. The van der Waals surface area contributed by atoms with E-state index in [-0.39, 0.29) is 17.5 Å². The van der Waals surface area contributed by atoms with Gasteiger partial charge in [0.15, 0.2) is 0 Å². The quantitative estimate of drug-likeness (QED) is 0.833. The standard InChI is InChI=1S/C15H14N4O/c1-10-5-13-6-14(18-9-12(7-16)8-17)3-4-15(13)19(10)11(2)20/h3-4,6,9-10,18H,5H2,1-2H3. The van der Waals surface area contributed by atoms with E-state index in [1.54, 1.807) is 24.0 Å². The summed E-state index contributed by atoms with van der Waals surface area (Å²) < 4.78 is 0. The van der Waals surface area contributed by atoms with Gasteiger partial charge in [0.2, 0.25) is 5.91 Å². The predicted molar refractivity (Wildman–Crippen MR) is 75.7 cm³/mol. The Balaban J connectivity index is 2.26. The molecule has 20 heavy (non-hydrogen) atoms. The van der Waals surface area contributed by atoms with E-state index in [2.05, 4.69) is 5.32 Å². The Morgan fingerprint density at radius 3 is 2.75 bits per heavy atom. The van der Waals surface area contributed by atoms with Gasteiger partial charge in [0, 0.05) is 30.5 Å².